The Morgan fingerprint density at radius 2 is 2.06 bits per heavy atom. The van der Waals surface area contributed by atoms with Crippen LogP contribution in [0.25, 0.3) is 0 Å². The van der Waals surface area contributed by atoms with Crippen molar-refractivity contribution in [3.63, 3.8) is 0 Å². The van der Waals surface area contributed by atoms with Crippen molar-refractivity contribution in [1.82, 2.24) is 10.3 Å². The molecule has 0 bridgehead atoms. The Morgan fingerprint density at radius 1 is 1.41 bits per heavy atom. The molecule has 2 nitrogen and oxygen atoms in total. The quantitative estimate of drug-likeness (QED) is 0.832. The Hall–Kier alpha value is -0.760. The number of hydrogen-bond acceptors (Lipinski definition) is 3. The molecule has 0 saturated carbocycles. The standard InChI is InChI=1S/C9H11F5N2S/c1-2-3-15-6(7(10)11)5-4-16-8(17-5)9(12,13)14/h4,6-7,15H,2-3H2,1H3. The molecule has 0 aliphatic heterocycles. The van der Waals surface area contributed by atoms with Gasteiger partial charge in [-0.15, -0.1) is 11.3 Å². The Kier molecular flexibility index (Phi) is 4.81. The Morgan fingerprint density at radius 3 is 2.47 bits per heavy atom. The van der Waals surface area contributed by atoms with Gasteiger partial charge in [0.2, 0.25) is 0 Å². The number of nitrogens with zero attached hydrogens (tertiary/aromatic N) is 1. The summed E-state index contributed by atoms with van der Waals surface area (Å²) < 4.78 is 62.1. The lowest BCUT2D eigenvalue weighted by atomic mass is 10.2. The average molecular weight is 274 g/mol. The molecule has 0 radical (unpaired) electrons. The third-order valence-electron chi connectivity index (χ3n) is 1.94. The van der Waals surface area contributed by atoms with Gasteiger partial charge in [0.25, 0.3) is 6.43 Å². The first-order valence-electron chi connectivity index (χ1n) is 4.90. The molecular weight excluding hydrogens is 263 g/mol. The van der Waals surface area contributed by atoms with E-state index in [1.54, 1.807) is 6.92 Å². The van der Waals surface area contributed by atoms with Gasteiger partial charge in [-0.25, -0.2) is 13.8 Å². The van der Waals surface area contributed by atoms with Crippen LogP contribution < -0.4 is 5.32 Å². The molecule has 0 aliphatic rings. The highest BCUT2D eigenvalue weighted by molar-refractivity contribution is 7.11. The number of rotatable bonds is 5. The second kappa shape index (κ2) is 5.72. The summed E-state index contributed by atoms with van der Waals surface area (Å²) in [6, 6.07) is -1.39. The minimum atomic E-state index is -4.58. The van der Waals surface area contributed by atoms with Gasteiger partial charge in [0.05, 0.1) is 0 Å². The first-order chi connectivity index (χ1) is 7.86. The van der Waals surface area contributed by atoms with Crippen LogP contribution in [0.15, 0.2) is 6.20 Å². The molecule has 0 spiro atoms. The Balaban J connectivity index is 2.84. The average Bonchev–Trinajstić information content (AvgIpc) is 2.66. The van der Waals surface area contributed by atoms with E-state index in [4.69, 9.17) is 0 Å². The summed E-state index contributed by atoms with van der Waals surface area (Å²) in [7, 11) is 0. The van der Waals surface area contributed by atoms with E-state index in [9.17, 15) is 22.0 Å². The number of aromatic nitrogens is 1. The number of nitrogens with one attached hydrogen (secondary N) is 1. The van der Waals surface area contributed by atoms with Crippen LogP contribution >= 0.6 is 11.3 Å². The maximum Gasteiger partial charge on any atom is 0.443 e. The van der Waals surface area contributed by atoms with Crippen LogP contribution in [0.3, 0.4) is 0 Å². The maximum atomic E-state index is 12.6. The van der Waals surface area contributed by atoms with E-state index in [1.807, 2.05) is 0 Å². The first kappa shape index (κ1) is 14.3. The SMILES string of the molecule is CCCNC(c1cnc(C(F)(F)F)s1)C(F)F. The second-order valence-electron chi connectivity index (χ2n) is 3.33. The van der Waals surface area contributed by atoms with Gasteiger partial charge in [-0.05, 0) is 13.0 Å². The number of thiazole rings is 1. The lowest BCUT2D eigenvalue weighted by Crippen LogP contribution is -2.27. The zero-order chi connectivity index (χ0) is 13.1. The fraction of sp³-hybridized carbons (Fsp3) is 0.667. The van der Waals surface area contributed by atoms with Crippen molar-refractivity contribution in [1.29, 1.82) is 0 Å². The second-order valence-corrected chi connectivity index (χ2v) is 4.39. The Labute approximate surface area is 98.9 Å². The summed E-state index contributed by atoms with van der Waals surface area (Å²) in [6.45, 7) is 2.09. The maximum absolute atomic E-state index is 12.6. The van der Waals surface area contributed by atoms with Crippen LogP contribution in [0.2, 0.25) is 0 Å². The zero-order valence-corrected chi connectivity index (χ0v) is 9.71. The molecule has 17 heavy (non-hydrogen) atoms. The molecule has 98 valence electrons. The van der Waals surface area contributed by atoms with E-state index in [1.165, 1.54) is 0 Å². The van der Waals surface area contributed by atoms with Gasteiger partial charge in [-0.2, -0.15) is 13.2 Å². The molecule has 1 aromatic rings. The van der Waals surface area contributed by atoms with Crippen molar-refractivity contribution < 1.29 is 22.0 Å². The van der Waals surface area contributed by atoms with Crippen molar-refractivity contribution in [3.05, 3.63) is 16.1 Å². The highest BCUT2D eigenvalue weighted by Crippen LogP contribution is 2.35. The van der Waals surface area contributed by atoms with Crippen LogP contribution in [0.5, 0.6) is 0 Å². The minimum Gasteiger partial charge on any atom is -0.305 e. The normalized spacial score (nSPS) is 14.3. The van der Waals surface area contributed by atoms with E-state index in [2.05, 4.69) is 10.3 Å². The number of halogens is 5. The van der Waals surface area contributed by atoms with E-state index < -0.39 is 23.7 Å². The van der Waals surface area contributed by atoms with Crippen molar-refractivity contribution in [3.8, 4) is 0 Å². The fourth-order valence-corrected chi connectivity index (χ4v) is 2.04. The lowest BCUT2D eigenvalue weighted by molar-refractivity contribution is -0.137. The van der Waals surface area contributed by atoms with E-state index in [0.717, 1.165) is 6.20 Å². The summed E-state index contributed by atoms with van der Waals surface area (Å²) in [5.74, 6) is 0. The van der Waals surface area contributed by atoms with Crippen molar-refractivity contribution in [2.24, 2.45) is 0 Å². The topological polar surface area (TPSA) is 24.9 Å². The molecule has 1 N–H and O–H groups in total. The summed E-state index contributed by atoms with van der Waals surface area (Å²) in [5, 5.41) is 1.40. The van der Waals surface area contributed by atoms with Crippen molar-refractivity contribution in [2.75, 3.05) is 6.54 Å². The van der Waals surface area contributed by atoms with Crippen LogP contribution in [-0.2, 0) is 6.18 Å². The number of alkyl halides is 5. The van der Waals surface area contributed by atoms with Crippen LogP contribution in [0.1, 0.15) is 29.3 Å². The molecule has 1 heterocycles. The highest BCUT2D eigenvalue weighted by atomic mass is 32.1. The van der Waals surface area contributed by atoms with Crippen LogP contribution in [-0.4, -0.2) is 18.0 Å². The van der Waals surface area contributed by atoms with Gasteiger partial charge in [-0.3, -0.25) is 0 Å². The zero-order valence-electron chi connectivity index (χ0n) is 8.89. The Bertz CT molecular complexity index is 349. The summed E-state index contributed by atoms with van der Waals surface area (Å²) >= 11 is 0.248. The first-order valence-corrected chi connectivity index (χ1v) is 5.72. The monoisotopic (exact) mass is 274 g/mol. The molecule has 0 aliphatic carbocycles. The highest BCUT2D eigenvalue weighted by Gasteiger charge is 2.36. The largest absolute Gasteiger partial charge is 0.443 e. The predicted molar refractivity (Wildman–Crippen MR) is 54.2 cm³/mol. The van der Waals surface area contributed by atoms with E-state index >= 15 is 0 Å². The van der Waals surface area contributed by atoms with Gasteiger partial charge in [0.1, 0.15) is 6.04 Å². The fourth-order valence-electron chi connectivity index (χ4n) is 1.18. The van der Waals surface area contributed by atoms with Gasteiger partial charge in [0.15, 0.2) is 5.01 Å². The molecule has 8 heteroatoms. The van der Waals surface area contributed by atoms with Gasteiger partial charge in [0, 0.05) is 11.1 Å². The summed E-state index contributed by atoms with van der Waals surface area (Å²) in [5.41, 5.74) is 0. The van der Waals surface area contributed by atoms with Gasteiger partial charge in [-0.1, -0.05) is 6.92 Å². The molecule has 0 saturated heterocycles. The van der Waals surface area contributed by atoms with Gasteiger partial charge >= 0.3 is 6.18 Å². The third kappa shape index (κ3) is 3.88. The molecule has 0 fully saturated rings. The van der Waals surface area contributed by atoms with Crippen LogP contribution in [0, 0.1) is 0 Å². The predicted octanol–water partition coefficient (Wildman–Crippen LogP) is 3.47. The van der Waals surface area contributed by atoms with Crippen molar-refractivity contribution >= 4 is 11.3 Å². The summed E-state index contributed by atoms with van der Waals surface area (Å²) in [6.07, 6.45) is -5.87. The molecule has 1 rings (SSSR count). The number of hydrogen-bond donors (Lipinski definition) is 1. The van der Waals surface area contributed by atoms with Crippen LogP contribution in [0.4, 0.5) is 22.0 Å². The molecule has 1 aromatic heterocycles. The summed E-state index contributed by atoms with van der Waals surface area (Å²) in [4.78, 5) is 3.02. The van der Waals surface area contributed by atoms with E-state index in [0.29, 0.717) is 13.0 Å². The molecule has 0 aromatic carbocycles. The van der Waals surface area contributed by atoms with E-state index in [-0.39, 0.29) is 16.2 Å². The van der Waals surface area contributed by atoms with Gasteiger partial charge < -0.3 is 5.32 Å². The third-order valence-corrected chi connectivity index (χ3v) is 3.06. The molecule has 1 unspecified atom stereocenters. The molecule has 1 atom stereocenters. The smallest absolute Gasteiger partial charge is 0.305 e. The van der Waals surface area contributed by atoms with Crippen molar-refractivity contribution in [2.45, 2.75) is 32.0 Å². The molecular formula is C9H11F5N2S. The minimum absolute atomic E-state index is 0.0965. The lowest BCUT2D eigenvalue weighted by Gasteiger charge is -2.15. The molecule has 0 amide bonds.